The smallest absolute Gasteiger partial charge is 0.341 e. The van der Waals surface area contributed by atoms with E-state index in [0.717, 1.165) is 35.1 Å². The third-order valence-electron chi connectivity index (χ3n) is 5.72. The summed E-state index contributed by atoms with van der Waals surface area (Å²) in [6.07, 6.45) is 3.35. The Kier molecular flexibility index (Phi) is 5.49. The second-order valence-electron chi connectivity index (χ2n) is 7.76. The number of esters is 1. The Morgan fingerprint density at radius 3 is 2.64 bits per heavy atom. The summed E-state index contributed by atoms with van der Waals surface area (Å²) in [5.41, 5.74) is 4.77. The molecule has 3 aromatic rings. The number of hydrogen-bond acceptors (Lipinski definition) is 3. The van der Waals surface area contributed by atoms with Gasteiger partial charge in [-0.15, -0.1) is 0 Å². The van der Waals surface area contributed by atoms with Crippen LogP contribution in [0.15, 0.2) is 48.5 Å². The van der Waals surface area contributed by atoms with Crippen LogP contribution in [0, 0.1) is 6.92 Å². The second-order valence-corrected chi connectivity index (χ2v) is 7.76. The molecule has 1 aliphatic heterocycles. The number of nitrogens with zero attached hydrogens (tertiary/aromatic N) is 1. The molecule has 2 heterocycles. The standard InChI is InChI=1S/C24H28N2O2/c1-17-23(24(27)28-18(2)20-8-4-3-5-9-20)21-16-19(10-11-22(21)25-17)12-15-26-13-6-7-14-26/h3-5,8-11,16,18,25H,6-7,12-15H2,1-2H3/t18-/m0/s1. The molecule has 1 aliphatic rings. The van der Waals surface area contributed by atoms with Gasteiger partial charge in [-0.05, 0) is 69.5 Å². The van der Waals surface area contributed by atoms with Gasteiger partial charge in [-0.3, -0.25) is 0 Å². The van der Waals surface area contributed by atoms with Gasteiger partial charge < -0.3 is 14.6 Å². The van der Waals surface area contributed by atoms with Gasteiger partial charge in [0.15, 0.2) is 0 Å². The number of hydrogen-bond donors (Lipinski definition) is 1. The van der Waals surface area contributed by atoms with Crippen molar-refractivity contribution in [2.75, 3.05) is 19.6 Å². The predicted octanol–water partition coefficient (Wildman–Crippen LogP) is 5.03. The Labute approximate surface area is 166 Å². The van der Waals surface area contributed by atoms with E-state index in [2.05, 4.69) is 28.1 Å². The van der Waals surface area contributed by atoms with Crippen LogP contribution in [0.2, 0.25) is 0 Å². The lowest BCUT2D eigenvalue weighted by Gasteiger charge is -2.15. The fraction of sp³-hybridized carbons (Fsp3) is 0.375. The number of carbonyl (C=O) groups is 1. The van der Waals surface area contributed by atoms with Gasteiger partial charge in [-0.2, -0.15) is 0 Å². The molecule has 0 spiro atoms. The molecule has 0 unspecified atom stereocenters. The van der Waals surface area contributed by atoms with Crippen LogP contribution in [0.4, 0.5) is 0 Å². The highest BCUT2D eigenvalue weighted by Gasteiger charge is 2.21. The summed E-state index contributed by atoms with van der Waals surface area (Å²) in [5, 5.41) is 0.960. The van der Waals surface area contributed by atoms with Gasteiger partial charge in [0.1, 0.15) is 6.10 Å². The molecule has 0 amide bonds. The van der Waals surface area contributed by atoms with Crippen LogP contribution in [-0.4, -0.2) is 35.5 Å². The first-order valence-corrected chi connectivity index (χ1v) is 10.2. The summed E-state index contributed by atoms with van der Waals surface area (Å²) < 4.78 is 5.78. The second kappa shape index (κ2) is 8.19. The van der Waals surface area contributed by atoms with Crippen molar-refractivity contribution in [1.82, 2.24) is 9.88 Å². The molecule has 1 saturated heterocycles. The van der Waals surface area contributed by atoms with E-state index in [1.807, 2.05) is 44.2 Å². The van der Waals surface area contributed by atoms with E-state index in [4.69, 9.17) is 4.74 Å². The van der Waals surface area contributed by atoms with Gasteiger partial charge >= 0.3 is 5.97 Å². The Morgan fingerprint density at radius 1 is 1.14 bits per heavy atom. The number of nitrogens with one attached hydrogen (secondary N) is 1. The van der Waals surface area contributed by atoms with Crippen molar-refractivity contribution < 1.29 is 9.53 Å². The normalized spacial score (nSPS) is 15.8. The molecule has 0 aliphatic carbocycles. The molecule has 4 heteroatoms. The van der Waals surface area contributed by atoms with Gasteiger partial charge in [0.2, 0.25) is 0 Å². The SMILES string of the molecule is Cc1[nH]c2ccc(CCN3CCCC3)cc2c1C(=O)O[C@@H](C)c1ccccc1. The third kappa shape index (κ3) is 3.97. The summed E-state index contributed by atoms with van der Waals surface area (Å²) in [7, 11) is 0. The minimum atomic E-state index is -0.281. The highest BCUT2D eigenvalue weighted by Crippen LogP contribution is 2.27. The zero-order chi connectivity index (χ0) is 19.5. The van der Waals surface area contributed by atoms with Gasteiger partial charge in [-0.1, -0.05) is 36.4 Å². The van der Waals surface area contributed by atoms with Crippen LogP contribution in [0.3, 0.4) is 0 Å². The van der Waals surface area contributed by atoms with Crippen LogP contribution in [0.5, 0.6) is 0 Å². The van der Waals surface area contributed by atoms with Gasteiger partial charge in [-0.25, -0.2) is 4.79 Å². The van der Waals surface area contributed by atoms with Crippen LogP contribution < -0.4 is 0 Å². The van der Waals surface area contributed by atoms with Crippen LogP contribution in [0.1, 0.15) is 53.0 Å². The first-order valence-electron chi connectivity index (χ1n) is 10.2. The fourth-order valence-electron chi connectivity index (χ4n) is 4.10. The predicted molar refractivity (Wildman–Crippen MR) is 113 cm³/mol. The molecular weight excluding hydrogens is 348 g/mol. The number of aryl methyl sites for hydroxylation is 1. The lowest BCUT2D eigenvalue weighted by molar-refractivity contribution is 0.0339. The average molecular weight is 376 g/mol. The molecule has 0 saturated carbocycles. The number of aromatic amines is 1. The lowest BCUT2D eigenvalue weighted by Crippen LogP contribution is -2.21. The molecule has 1 fully saturated rings. The molecule has 2 aromatic carbocycles. The van der Waals surface area contributed by atoms with Crippen LogP contribution >= 0.6 is 0 Å². The van der Waals surface area contributed by atoms with E-state index >= 15 is 0 Å². The number of H-pyrrole nitrogens is 1. The number of aromatic nitrogens is 1. The molecule has 0 bridgehead atoms. The fourth-order valence-corrected chi connectivity index (χ4v) is 4.10. The van der Waals surface area contributed by atoms with E-state index in [1.54, 1.807) is 0 Å². The quantitative estimate of drug-likeness (QED) is 0.614. The number of fused-ring (bicyclic) bond motifs is 1. The Balaban J connectivity index is 1.54. The summed E-state index contributed by atoms with van der Waals surface area (Å²) in [6, 6.07) is 16.2. The maximum absolute atomic E-state index is 13.0. The van der Waals surface area contributed by atoms with E-state index in [9.17, 15) is 4.79 Å². The molecule has 4 rings (SSSR count). The highest BCUT2D eigenvalue weighted by molar-refractivity contribution is 6.05. The molecule has 1 N–H and O–H groups in total. The number of rotatable bonds is 6. The zero-order valence-electron chi connectivity index (χ0n) is 16.7. The maximum Gasteiger partial charge on any atom is 0.341 e. The van der Waals surface area contributed by atoms with Crippen molar-refractivity contribution in [2.24, 2.45) is 0 Å². The molecule has 1 atom stereocenters. The monoisotopic (exact) mass is 376 g/mol. The highest BCUT2D eigenvalue weighted by atomic mass is 16.5. The lowest BCUT2D eigenvalue weighted by atomic mass is 10.1. The zero-order valence-corrected chi connectivity index (χ0v) is 16.7. The first kappa shape index (κ1) is 18.8. The molecule has 4 nitrogen and oxygen atoms in total. The number of ether oxygens (including phenoxy) is 1. The van der Waals surface area contributed by atoms with E-state index in [-0.39, 0.29) is 12.1 Å². The maximum atomic E-state index is 13.0. The van der Waals surface area contributed by atoms with Crippen molar-refractivity contribution in [3.05, 3.63) is 70.9 Å². The summed E-state index contributed by atoms with van der Waals surface area (Å²) in [5.74, 6) is -0.267. The van der Waals surface area contributed by atoms with Gasteiger partial charge in [0.05, 0.1) is 5.56 Å². The topological polar surface area (TPSA) is 45.3 Å². The minimum absolute atomic E-state index is 0.267. The number of carbonyl (C=O) groups excluding carboxylic acids is 1. The van der Waals surface area contributed by atoms with E-state index in [0.29, 0.717) is 5.56 Å². The molecule has 28 heavy (non-hydrogen) atoms. The summed E-state index contributed by atoms with van der Waals surface area (Å²) in [4.78, 5) is 18.8. The molecule has 1 aromatic heterocycles. The number of likely N-dealkylation sites (tertiary alicyclic amines) is 1. The minimum Gasteiger partial charge on any atom is -0.454 e. The van der Waals surface area contributed by atoms with Gasteiger partial charge in [0, 0.05) is 23.1 Å². The average Bonchev–Trinajstić information content (AvgIpc) is 3.33. The largest absolute Gasteiger partial charge is 0.454 e. The molecule has 0 radical (unpaired) electrons. The van der Waals surface area contributed by atoms with E-state index in [1.165, 1.54) is 31.5 Å². The van der Waals surface area contributed by atoms with Crippen LogP contribution in [0.25, 0.3) is 10.9 Å². The Morgan fingerprint density at radius 2 is 1.89 bits per heavy atom. The van der Waals surface area contributed by atoms with Gasteiger partial charge in [0.25, 0.3) is 0 Å². The molecule has 146 valence electrons. The van der Waals surface area contributed by atoms with Crippen LogP contribution in [-0.2, 0) is 11.2 Å². The van der Waals surface area contributed by atoms with Crippen molar-refractivity contribution in [1.29, 1.82) is 0 Å². The van der Waals surface area contributed by atoms with E-state index < -0.39 is 0 Å². The number of benzene rings is 2. The third-order valence-corrected chi connectivity index (χ3v) is 5.72. The van der Waals surface area contributed by atoms with Crippen molar-refractivity contribution >= 4 is 16.9 Å². The Bertz CT molecular complexity index is 955. The summed E-state index contributed by atoms with van der Waals surface area (Å²) in [6.45, 7) is 7.35. The Hall–Kier alpha value is -2.59. The van der Waals surface area contributed by atoms with Crippen molar-refractivity contribution in [2.45, 2.75) is 39.2 Å². The first-order chi connectivity index (χ1) is 13.6. The van der Waals surface area contributed by atoms with Crippen molar-refractivity contribution in [3.8, 4) is 0 Å². The van der Waals surface area contributed by atoms with Crippen molar-refractivity contribution in [3.63, 3.8) is 0 Å². The molecular formula is C24H28N2O2. The summed E-state index contributed by atoms with van der Waals surface area (Å²) >= 11 is 0.